The molecule has 0 heterocycles. The lowest BCUT2D eigenvalue weighted by Crippen LogP contribution is -2.28. The van der Waals surface area contributed by atoms with E-state index in [1.165, 1.54) is 7.11 Å². The van der Waals surface area contributed by atoms with Crippen molar-refractivity contribution in [1.82, 2.24) is 0 Å². The molecule has 0 N–H and O–H groups in total. The van der Waals surface area contributed by atoms with Gasteiger partial charge in [0.25, 0.3) is 0 Å². The van der Waals surface area contributed by atoms with E-state index in [0.29, 0.717) is 6.42 Å². The van der Waals surface area contributed by atoms with E-state index in [4.69, 9.17) is 4.74 Å². The van der Waals surface area contributed by atoms with Crippen molar-refractivity contribution in [2.75, 3.05) is 13.7 Å². The van der Waals surface area contributed by atoms with Crippen molar-refractivity contribution in [3.8, 4) is 0 Å². The predicted molar refractivity (Wildman–Crippen MR) is 48.4 cm³/mol. The SMILES string of the molecule is COCC(=O)C1CCC(C)(C)C1=O. The Balaban J connectivity index is 2.65. The smallest absolute Gasteiger partial charge is 0.168 e. The molecule has 0 saturated heterocycles. The summed E-state index contributed by atoms with van der Waals surface area (Å²) in [5.41, 5.74) is -0.311. The molecule has 0 amide bonds. The van der Waals surface area contributed by atoms with Gasteiger partial charge in [0.15, 0.2) is 5.78 Å². The highest BCUT2D eigenvalue weighted by molar-refractivity contribution is 6.06. The highest BCUT2D eigenvalue weighted by Crippen LogP contribution is 2.37. The van der Waals surface area contributed by atoms with Crippen LogP contribution in [0.25, 0.3) is 0 Å². The van der Waals surface area contributed by atoms with Crippen LogP contribution in [0.4, 0.5) is 0 Å². The fourth-order valence-electron chi connectivity index (χ4n) is 1.78. The molecule has 0 bridgehead atoms. The molecule has 0 spiro atoms. The minimum atomic E-state index is -0.407. The Morgan fingerprint density at radius 2 is 2.23 bits per heavy atom. The third-order valence-electron chi connectivity index (χ3n) is 2.72. The van der Waals surface area contributed by atoms with E-state index in [1.54, 1.807) is 0 Å². The van der Waals surface area contributed by atoms with Gasteiger partial charge in [0, 0.05) is 12.5 Å². The minimum Gasteiger partial charge on any atom is -0.377 e. The molecule has 1 aliphatic carbocycles. The maximum absolute atomic E-state index is 11.7. The van der Waals surface area contributed by atoms with E-state index < -0.39 is 5.92 Å². The van der Waals surface area contributed by atoms with Crippen LogP contribution < -0.4 is 0 Å². The zero-order chi connectivity index (χ0) is 10.1. The van der Waals surface area contributed by atoms with Crippen LogP contribution in [0.1, 0.15) is 26.7 Å². The van der Waals surface area contributed by atoms with Crippen molar-refractivity contribution >= 4 is 11.6 Å². The number of rotatable bonds is 3. The van der Waals surface area contributed by atoms with Crippen molar-refractivity contribution in [2.24, 2.45) is 11.3 Å². The Hall–Kier alpha value is -0.700. The molecule has 13 heavy (non-hydrogen) atoms. The van der Waals surface area contributed by atoms with Gasteiger partial charge in [-0.05, 0) is 12.8 Å². The summed E-state index contributed by atoms with van der Waals surface area (Å²) in [5, 5.41) is 0. The fourth-order valence-corrected chi connectivity index (χ4v) is 1.78. The summed E-state index contributed by atoms with van der Waals surface area (Å²) in [4.78, 5) is 23.1. The number of ether oxygens (including phenoxy) is 1. The number of ketones is 2. The van der Waals surface area contributed by atoms with Crippen molar-refractivity contribution in [1.29, 1.82) is 0 Å². The van der Waals surface area contributed by atoms with E-state index in [2.05, 4.69) is 0 Å². The molecular weight excluding hydrogens is 168 g/mol. The molecule has 0 aromatic heterocycles. The third kappa shape index (κ3) is 1.97. The average molecular weight is 184 g/mol. The topological polar surface area (TPSA) is 43.4 Å². The van der Waals surface area contributed by atoms with Gasteiger partial charge in [-0.3, -0.25) is 9.59 Å². The molecule has 1 unspecified atom stereocenters. The standard InChI is InChI=1S/C10H16O3/c1-10(2)5-4-7(9(10)12)8(11)6-13-3/h7H,4-6H2,1-3H3. The fraction of sp³-hybridized carbons (Fsp3) is 0.800. The monoisotopic (exact) mass is 184 g/mol. The summed E-state index contributed by atoms with van der Waals surface area (Å²) < 4.78 is 4.73. The number of hydrogen-bond acceptors (Lipinski definition) is 3. The Labute approximate surface area is 78.5 Å². The second kappa shape index (κ2) is 3.58. The van der Waals surface area contributed by atoms with Gasteiger partial charge in [0.05, 0.1) is 5.92 Å². The molecule has 3 heteroatoms. The normalized spacial score (nSPS) is 26.4. The van der Waals surface area contributed by atoms with Crippen molar-refractivity contribution in [3.05, 3.63) is 0 Å². The van der Waals surface area contributed by atoms with Gasteiger partial charge in [0.2, 0.25) is 0 Å². The van der Waals surface area contributed by atoms with E-state index in [-0.39, 0.29) is 23.6 Å². The number of Topliss-reactive ketones (excluding diaryl/α,β-unsaturated/α-hetero) is 2. The van der Waals surface area contributed by atoms with E-state index in [9.17, 15) is 9.59 Å². The highest BCUT2D eigenvalue weighted by atomic mass is 16.5. The summed E-state index contributed by atoms with van der Waals surface area (Å²) in [7, 11) is 1.47. The van der Waals surface area contributed by atoms with E-state index in [0.717, 1.165) is 6.42 Å². The zero-order valence-corrected chi connectivity index (χ0v) is 8.42. The quantitative estimate of drug-likeness (QED) is 0.619. The molecule has 0 aromatic carbocycles. The van der Waals surface area contributed by atoms with Gasteiger partial charge in [-0.15, -0.1) is 0 Å². The van der Waals surface area contributed by atoms with E-state index in [1.807, 2.05) is 13.8 Å². The molecule has 1 fully saturated rings. The zero-order valence-electron chi connectivity index (χ0n) is 8.42. The predicted octanol–water partition coefficient (Wildman–Crippen LogP) is 1.21. The number of methoxy groups -OCH3 is 1. The molecule has 1 aliphatic rings. The summed E-state index contributed by atoms with van der Waals surface area (Å²) in [6.45, 7) is 3.86. The van der Waals surface area contributed by atoms with Crippen molar-refractivity contribution in [3.63, 3.8) is 0 Å². The molecule has 0 radical (unpaired) electrons. The molecule has 1 atom stereocenters. The van der Waals surface area contributed by atoms with Crippen LogP contribution in [-0.4, -0.2) is 25.3 Å². The molecule has 1 rings (SSSR count). The second-order valence-corrected chi connectivity index (χ2v) is 4.24. The van der Waals surface area contributed by atoms with Crippen LogP contribution in [0.2, 0.25) is 0 Å². The second-order valence-electron chi connectivity index (χ2n) is 4.24. The van der Waals surface area contributed by atoms with Gasteiger partial charge >= 0.3 is 0 Å². The number of carbonyl (C=O) groups excluding carboxylic acids is 2. The maximum atomic E-state index is 11.7. The molecule has 1 saturated carbocycles. The van der Waals surface area contributed by atoms with Crippen LogP contribution in [-0.2, 0) is 14.3 Å². The summed E-state index contributed by atoms with van der Waals surface area (Å²) in [5.74, 6) is -0.400. The van der Waals surface area contributed by atoms with Crippen LogP contribution in [0.15, 0.2) is 0 Å². The first-order chi connectivity index (χ1) is 5.99. The third-order valence-corrected chi connectivity index (χ3v) is 2.72. The summed E-state index contributed by atoms with van der Waals surface area (Å²) >= 11 is 0. The Bertz CT molecular complexity index is 230. The Kier molecular flexibility index (Phi) is 2.86. The van der Waals surface area contributed by atoms with Crippen LogP contribution in [0, 0.1) is 11.3 Å². The molecule has 3 nitrogen and oxygen atoms in total. The lowest BCUT2D eigenvalue weighted by molar-refractivity contribution is -0.136. The summed E-state index contributed by atoms with van der Waals surface area (Å²) in [6, 6.07) is 0. The van der Waals surface area contributed by atoms with Crippen LogP contribution in [0.3, 0.4) is 0 Å². The number of carbonyl (C=O) groups is 2. The highest BCUT2D eigenvalue weighted by Gasteiger charge is 2.43. The van der Waals surface area contributed by atoms with Crippen molar-refractivity contribution < 1.29 is 14.3 Å². The van der Waals surface area contributed by atoms with Crippen molar-refractivity contribution in [2.45, 2.75) is 26.7 Å². The lowest BCUT2D eigenvalue weighted by atomic mass is 9.88. The van der Waals surface area contributed by atoms with E-state index >= 15 is 0 Å². The van der Waals surface area contributed by atoms with Gasteiger partial charge in [-0.2, -0.15) is 0 Å². The molecule has 0 aliphatic heterocycles. The van der Waals surface area contributed by atoms with Gasteiger partial charge in [-0.25, -0.2) is 0 Å². The molecule has 74 valence electrons. The van der Waals surface area contributed by atoms with Crippen LogP contribution in [0.5, 0.6) is 0 Å². The first-order valence-electron chi connectivity index (χ1n) is 4.55. The Morgan fingerprint density at radius 1 is 1.62 bits per heavy atom. The molecule has 0 aromatic rings. The lowest BCUT2D eigenvalue weighted by Gasteiger charge is -2.14. The number of hydrogen-bond donors (Lipinski definition) is 0. The van der Waals surface area contributed by atoms with Gasteiger partial charge in [0.1, 0.15) is 12.4 Å². The van der Waals surface area contributed by atoms with Gasteiger partial charge < -0.3 is 4.74 Å². The van der Waals surface area contributed by atoms with Gasteiger partial charge in [-0.1, -0.05) is 13.8 Å². The average Bonchev–Trinajstić information content (AvgIpc) is 2.28. The first-order valence-corrected chi connectivity index (χ1v) is 4.55. The minimum absolute atomic E-state index is 0.0620. The molecular formula is C10H16O3. The largest absolute Gasteiger partial charge is 0.377 e. The summed E-state index contributed by atoms with van der Waals surface area (Å²) in [6.07, 6.45) is 1.50. The maximum Gasteiger partial charge on any atom is 0.168 e. The Morgan fingerprint density at radius 3 is 2.62 bits per heavy atom. The van der Waals surface area contributed by atoms with Crippen LogP contribution >= 0.6 is 0 Å². The first kappa shape index (κ1) is 10.4.